The van der Waals surface area contributed by atoms with E-state index in [1.54, 1.807) is 18.2 Å². The highest BCUT2D eigenvalue weighted by Gasteiger charge is 2.15. The molecule has 6 heteroatoms. The highest BCUT2D eigenvalue weighted by Crippen LogP contribution is 2.22. The van der Waals surface area contributed by atoms with Crippen LogP contribution in [0, 0.1) is 0 Å². The summed E-state index contributed by atoms with van der Waals surface area (Å²) in [6.45, 7) is 6.67. The minimum Gasteiger partial charge on any atom is -0.478 e. The van der Waals surface area contributed by atoms with Crippen molar-refractivity contribution in [2.24, 2.45) is 0 Å². The smallest absolute Gasteiger partial charge is 0.335 e. The number of nitrogens with one attached hydrogen (secondary N) is 1. The molecule has 0 unspecified atom stereocenters. The summed E-state index contributed by atoms with van der Waals surface area (Å²) in [5.74, 6) is 0.0652. The molecule has 112 valence electrons. The van der Waals surface area contributed by atoms with E-state index in [4.69, 9.17) is 5.11 Å². The maximum Gasteiger partial charge on any atom is 0.335 e. The largest absolute Gasteiger partial charge is 0.478 e. The van der Waals surface area contributed by atoms with E-state index >= 15 is 0 Å². The number of carboxylic acids is 1. The number of benzene rings is 1. The molecule has 0 saturated carbocycles. The first-order chi connectivity index (χ1) is 9.90. The quantitative estimate of drug-likeness (QED) is 0.881. The lowest BCUT2D eigenvalue weighted by molar-refractivity contribution is -0.118. The molecule has 2 aromatic rings. The standard InChI is InChI=1S/C15H19N3O3/c1-9(2)14-17-12-8-11(15(20)21)4-5-13(12)18(14)7-6-16-10(3)19/h4-5,8-9H,6-7H2,1-3H3,(H,16,19)(H,20,21). The van der Waals surface area contributed by atoms with Gasteiger partial charge in [0.2, 0.25) is 5.91 Å². The Hall–Kier alpha value is -2.37. The van der Waals surface area contributed by atoms with Crippen molar-refractivity contribution >= 4 is 22.9 Å². The van der Waals surface area contributed by atoms with Crippen LogP contribution < -0.4 is 5.32 Å². The summed E-state index contributed by atoms with van der Waals surface area (Å²) in [5.41, 5.74) is 1.78. The molecule has 1 heterocycles. The predicted molar refractivity (Wildman–Crippen MR) is 79.5 cm³/mol. The summed E-state index contributed by atoms with van der Waals surface area (Å²) in [4.78, 5) is 26.5. The molecule has 2 N–H and O–H groups in total. The number of fused-ring (bicyclic) bond motifs is 1. The highest BCUT2D eigenvalue weighted by molar-refractivity contribution is 5.92. The van der Waals surface area contributed by atoms with E-state index in [1.165, 1.54) is 6.92 Å². The van der Waals surface area contributed by atoms with Crippen LogP contribution in [0.15, 0.2) is 18.2 Å². The fraction of sp³-hybridized carbons (Fsp3) is 0.400. The van der Waals surface area contributed by atoms with E-state index < -0.39 is 5.97 Å². The van der Waals surface area contributed by atoms with Crippen LogP contribution in [0.5, 0.6) is 0 Å². The number of aromatic carboxylic acids is 1. The molecular formula is C15H19N3O3. The van der Waals surface area contributed by atoms with Crippen LogP contribution >= 0.6 is 0 Å². The second-order valence-corrected chi connectivity index (χ2v) is 5.27. The Morgan fingerprint density at radius 3 is 2.67 bits per heavy atom. The van der Waals surface area contributed by atoms with Gasteiger partial charge in [0.15, 0.2) is 0 Å². The van der Waals surface area contributed by atoms with Gasteiger partial charge in [-0.25, -0.2) is 9.78 Å². The van der Waals surface area contributed by atoms with Crippen molar-refractivity contribution in [1.29, 1.82) is 0 Å². The lowest BCUT2D eigenvalue weighted by atomic mass is 10.2. The third-order valence-electron chi connectivity index (χ3n) is 3.25. The van der Waals surface area contributed by atoms with E-state index in [9.17, 15) is 9.59 Å². The van der Waals surface area contributed by atoms with Gasteiger partial charge in [-0.1, -0.05) is 13.8 Å². The summed E-state index contributed by atoms with van der Waals surface area (Å²) < 4.78 is 2.03. The average molecular weight is 289 g/mol. The zero-order valence-electron chi connectivity index (χ0n) is 12.4. The number of nitrogens with zero attached hydrogens (tertiary/aromatic N) is 2. The molecule has 1 aromatic heterocycles. The highest BCUT2D eigenvalue weighted by atomic mass is 16.4. The normalized spacial score (nSPS) is 11.0. The Balaban J connectivity index is 2.42. The van der Waals surface area contributed by atoms with Gasteiger partial charge in [-0.3, -0.25) is 4.79 Å². The second kappa shape index (κ2) is 5.95. The van der Waals surface area contributed by atoms with Crippen molar-refractivity contribution in [3.63, 3.8) is 0 Å². The van der Waals surface area contributed by atoms with E-state index in [0.717, 1.165) is 11.3 Å². The van der Waals surface area contributed by atoms with Crippen molar-refractivity contribution in [2.45, 2.75) is 33.2 Å². The SMILES string of the molecule is CC(=O)NCCn1c(C(C)C)nc2cc(C(=O)O)ccc21. The van der Waals surface area contributed by atoms with Gasteiger partial charge in [0.1, 0.15) is 5.82 Å². The van der Waals surface area contributed by atoms with Gasteiger partial charge in [-0.2, -0.15) is 0 Å². The fourth-order valence-corrected chi connectivity index (χ4v) is 2.30. The van der Waals surface area contributed by atoms with Crippen molar-refractivity contribution < 1.29 is 14.7 Å². The van der Waals surface area contributed by atoms with Gasteiger partial charge in [0, 0.05) is 25.9 Å². The van der Waals surface area contributed by atoms with Crippen LogP contribution in [0.4, 0.5) is 0 Å². The van der Waals surface area contributed by atoms with Crippen LogP contribution in [0.1, 0.15) is 42.9 Å². The van der Waals surface area contributed by atoms with Crippen LogP contribution in [0.2, 0.25) is 0 Å². The van der Waals surface area contributed by atoms with Crippen molar-refractivity contribution in [3.05, 3.63) is 29.6 Å². The van der Waals surface area contributed by atoms with Crippen LogP contribution in [0.3, 0.4) is 0 Å². The second-order valence-electron chi connectivity index (χ2n) is 5.27. The number of imidazole rings is 1. The molecule has 21 heavy (non-hydrogen) atoms. The first-order valence-corrected chi connectivity index (χ1v) is 6.88. The molecule has 2 rings (SSSR count). The number of carboxylic acid groups (broad SMARTS) is 1. The van der Waals surface area contributed by atoms with Gasteiger partial charge < -0.3 is 15.0 Å². The Morgan fingerprint density at radius 2 is 2.10 bits per heavy atom. The van der Waals surface area contributed by atoms with Gasteiger partial charge in [0.25, 0.3) is 0 Å². The summed E-state index contributed by atoms with van der Waals surface area (Å²) >= 11 is 0. The van der Waals surface area contributed by atoms with E-state index in [2.05, 4.69) is 10.3 Å². The Labute approximate surface area is 122 Å². The average Bonchev–Trinajstić information content (AvgIpc) is 2.76. The molecule has 0 aliphatic rings. The topological polar surface area (TPSA) is 84.2 Å². The maximum atomic E-state index is 11.0. The number of hydrogen-bond acceptors (Lipinski definition) is 3. The van der Waals surface area contributed by atoms with Gasteiger partial charge in [0.05, 0.1) is 16.6 Å². The number of aromatic nitrogens is 2. The van der Waals surface area contributed by atoms with Gasteiger partial charge in [-0.15, -0.1) is 0 Å². The number of amides is 1. The third kappa shape index (κ3) is 3.21. The van der Waals surface area contributed by atoms with Crippen molar-refractivity contribution in [3.8, 4) is 0 Å². The van der Waals surface area contributed by atoms with Crippen molar-refractivity contribution in [1.82, 2.24) is 14.9 Å². The number of rotatable bonds is 5. The third-order valence-corrected chi connectivity index (χ3v) is 3.25. The Bertz CT molecular complexity index is 689. The van der Waals surface area contributed by atoms with Crippen molar-refractivity contribution in [2.75, 3.05) is 6.54 Å². The number of carbonyl (C=O) groups excluding carboxylic acids is 1. The molecule has 1 aromatic carbocycles. The number of carbonyl (C=O) groups is 2. The van der Waals surface area contributed by atoms with Crippen LogP contribution in [0.25, 0.3) is 11.0 Å². The van der Waals surface area contributed by atoms with E-state index in [0.29, 0.717) is 18.6 Å². The summed E-state index contributed by atoms with van der Waals surface area (Å²) in [6.07, 6.45) is 0. The predicted octanol–water partition coefficient (Wildman–Crippen LogP) is 1.99. The summed E-state index contributed by atoms with van der Waals surface area (Å²) in [7, 11) is 0. The molecule has 1 amide bonds. The van der Waals surface area contributed by atoms with Gasteiger partial charge in [-0.05, 0) is 18.2 Å². The Kier molecular flexibility index (Phi) is 4.26. The zero-order chi connectivity index (χ0) is 15.6. The molecular weight excluding hydrogens is 270 g/mol. The first kappa shape index (κ1) is 15.0. The maximum absolute atomic E-state index is 11.0. The molecule has 0 aliphatic heterocycles. The van der Waals surface area contributed by atoms with Gasteiger partial charge >= 0.3 is 5.97 Å². The summed E-state index contributed by atoms with van der Waals surface area (Å²) in [6, 6.07) is 4.93. The lowest BCUT2D eigenvalue weighted by Gasteiger charge is -2.11. The molecule has 0 atom stereocenters. The van der Waals surface area contributed by atoms with E-state index in [-0.39, 0.29) is 17.4 Å². The number of hydrogen-bond donors (Lipinski definition) is 2. The zero-order valence-corrected chi connectivity index (χ0v) is 12.4. The molecule has 0 aliphatic carbocycles. The monoisotopic (exact) mass is 289 g/mol. The fourth-order valence-electron chi connectivity index (χ4n) is 2.30. The lowest BCUT2D eigenvalue weighted by Crippen LogP contribution is -2.25. The molecule has 6 nitrogen and oxygen atoms in total. The van der Waals surface area contributed by atoms with E-state index in [1.807, 2.05) is 18.4 Å². The van der Waals surface area contributed by atoms with Crippen LogP contribution in [-0.2, 0) is 11.3 Å². The molecule has 0 bridgehead atoms. The molecule has 0 spiro atoms. The van der Waals surface area contributed by atoms with Crippen LogP contribution in [-0.4, -0.2) is 33.1 Å². The minimum atomic E-state index is -0.962. The minimum absolute atomic E-state index is 0.0707. The molecule has 0 radical (unpaired) electrons. The summed E-state index contributed by atoms with van der Waals surface area (Å²) in [5, 5.41) is 11.8. The first-order valence-electron chi connectivity index (χ1n) is 6.88. The molecule has 0 saturated heterocycles. The Morgan fingerprint density at radius 1 is 1.38 bits per heavy atom. The molecule has 0 fully saturated rings.